The molecule has 0 aromatic heterocycles. The van der Waals surface area contributed by atoms with E-state index in [4.69, 9.17) is 5.73 Å². The predicted octanol–water partition coefficient (Wildman–Crippen LogP) is 3.60. The van der Waals surface area contributed by atoms with Crippen molar-refractivity contribution in [2.75, 3.05) is 19.6 Å². The van der Waals surface area contributed by atoms with Gasteiger partial charge in [0.2, 0.25) is 0 Å². The largest absolute Gasteiger partial charge is 0.329 e. The predicted molar refractivity (Wildman–Crippen MR) is 86.8 cm³/mol. The minimum atomic E-state index is -0.162. The molecule has 1 unspecified atom stereocenters. The van der Waals surface area contributed by atoms with E-state index in [1.54, 1.807) is 12.1 Å². The first-order chi connectivity index (χ1) is 9.97. The Morgan fingerprint density at radius 2 is 2.05 bits per heavy atom. The molecule has 1 fully saturated rings. The van der Waals surface area contributed by atoms with E-state index in [0.29, 0.717) is 12.0 Å². The first-order valence-corrected chi connectivity index (χ1v) is 8.16. The highest BCUT2D eigenvalue weighted by atomic mass is 19.1. The number of hydrogen-bond acceptors (Lipinski definition) is 2. The van der Waals surface area contributed by atoms with Crippen molar-refractivity contribution in [3.05, 3.63) is 35.6 Å². The van der Waals surface area contributed by atoms with Crippen LogP contribution in [0.4, 0.5) is 4.39 Å². The minimum absolute atomic E-state index is 0.0834. The summed E-state index contributed by atoms with van der Waals surface area (Å²) < 4.78 is 13.4. The molecule has 1 aliphatic heterocycles. The third kappa shape index (κ3) is 3.46. The summed E-state index contributed by atoms with van der Waals surface area (Å²) in [6.45, 7) is 9.62. The van der Waals surface area contributed by atoms with Gasteiger partial charge in [0.15, 0.2) is 0 Å². The average molecular weight is 292 g/mol. The van der Waals surface area contributed by atoms with E-state index >= 15 is 0 Å². The molecule has 0 aliphatic carbocycles. The Kier molecular flexibility index (Phi) is 5.05. The fraction of sp³-hybridized carbons (Fsp3) is 0.667. The van der Waals surface area contributed by atoms with Crippen LogP contribution in [-0.4, -0.2) is 30.1 Å². The summed E-state index contributed by atoms with van der Waals surface area (Å²) in [5.74, 6) is -0.162. The van der Waals surface area contributed by atoms with E-state index in [9.17, 15) is 4.39 Å². The first kappa shape index (κ1) is 16.4. The Bertz CT molecular complexity index is 470. The van der Waals surface area contributed by atoms with Gasteiger partial charge >= 0.3 is 0 Å². The van der Waals surface area contributed by atoms with Gasteiger partial charge in [-0.1, -0.05) is 26.0 Å². The fourth-order valence-electron chi connectivity index (χ4n) is 3.62. The number of hydrogen-bond donors (Lipinski definition) is 1. The summed E-state index contributed by atoms with van der Waals surface area (Å²) in [6, 6.07) is 6.92. The van der Waals surface area contributed by atoms with Crippen LogP contribution in [0.25, 0.3) is 0 Å². The van der Waals surface area contributed by atoms with Gasteiger partial charge in [-0.2, -0.15) is 0 Å². The molecule has 1 aromatic carbocycles. The van der Waals surface area contributed by atoms with Gasteiger partial charge < -0.3 is 5.73 Å². The lowest BCUT2D eigenvalue weighted by atomic mass is 9.81. The van der Waals surface area contributed by atoms with Gasteiger partial charge in [0.05, 0.1) is 0 Å². The molecule has 1 aromatic rings. The smallest absolute Gasteiger partial charge is 0.123 e. The molecule has 0 radical (unpaired) electrons. The molecule has 2 rings (SSSR count). The van der Waals surface area contributed by atoms with Crippen molar-refractivity contribution in [1.29, 1.82) is 0 Å². The normalized spacial score (nSPS) is 21.4. The summed E-state index contributed by atoms with van der Waals surface area (Å²) >= 11 is 0. The summed E-state index contributed by atoms with van der Waals surface area (Å²) in [5.41, 5.74) is 7.50. The molecule has 118 valence electrons. The average Bonchev–Trinajstić information content (AvgIpc) is 2.93. The van der Waals surface area contributed by atoms with Crippen molar-refractivity contribution in [3.63, 3.8) is 0 Å². The van der Waals surface area contributed by atoms with E-state index < -0.39 is 0 Å². The summed E-state index contributed by atoms with van der Waals surface area (Å²) in [5, 5.41) is 0. The number of rotatable bonds is 6. The molecule has 1 heterocycles. The van der Waals surface area contributed by atoms with Crippen molar-refractivity contribution in [1.82, 2.24) is 4.90 Å². The molecule has 1 atom stereocenters. The third-order valence-electron chi connectivity index (χ3n) is 5.62. The van der Waals surface area contributed by atoms with Crippen LogP contribution in [-0.2, 0) is 6.42 Å². The molecule has 3 heteroatoms. The van der Waals surface area contributed by atoms with E-state index in [1.807, 2.05) is 6.07 Å². The standard InChI is InChI=1S/C18H29FN2/c1-4-18(5-2)9-10-21(14-18)17(3,13-20)12-15-7-6-8-16(19)11-15/h6-8,11H,4-5,9-10,12-14,20H2,1-3H3. The SMILES string of the molecule is CCC1(CC)CCN(C(C)(CN)Cc2cccc(F)c2)C1. The molecule has 2 N–H and O–H groups in total. The van der Waals surface area contributed by atoms with Crippen LogP contribution in [0.3, 0.4) is 0 Å². The number of benzene rings is 1. The molecular formula is C18H29FN2. The maximum Gasteiger partial charge on any atom is 0.123 e. The van der Waals surface area contributed by atoms with Gasteiger partial charge in [-0.15, -0.1) is 0 Å². The van der Waals surface area contributed by atoms with E-state index in [2.05, 4.69) is 25.7 Å². The zero-order chi connectivity index (χ0) is 15.5. The summed E-state index contributed by atoms with van der Waals surface area (Å²) in [6.07, 6.45) is 4.50. The second kappa shape index (κ2) is 6.45. The lowest BCUT2D eigenvalue weighted by molar-refractivity contribution is 0.118. The Morgan fingerprint density at radius 3 is 2.57 bits per heavy atom. The second-order valence-electron chi connectivity index (χ2n) is 6.89. The number of nitrogens with zero attached hydrogens (tertiary/aromatic N) is 1. The Hall–Kier alpha value is -0.930. The Morgan fingerprint density at radius 1 is 1.33 bits per heavy atom. The molecule has 21 heavy (non-hydrogen) atoms. The molecule has 0 spiro atoms. The molecule has 2 nitrogen and oxygen atoms in total. The monoisotopic (exact) mass is 292 g/mol. The molecule has 0 bridgehead atoms. The molecular weight excluding hydrogens is 263 g/mol. The summed E-state index contributed by atoms with van der Waals surface area (Å²) in [7, 11) is 0. The molecule has 1 aliphatic rings. The molecule has 0 saturated carbocycles. The van der Waals surface area contributed by atoms with Crippen molar-refractivity contribution in [2.45, 2.75) is 52.0 Å². The quantitative estimate of drug-likeness (QED) is 0.868. The van der Waals surface area contributed by atoms with Gasteiger partial charge in [0.25, 0.3) is 0 Å². The summed E-state index contributed by atoms with van der Waals surface area (Å²) in [4.78, 5) is 2.53. The maximum absolute atomic E-state index is 13.4. The zero-order valence-electron chi connectivity index (χ0n) is 13.7. The highest BCUT2D eigenvalue weighted by Gasteiger charge is 2.42. The molecule has 0 amide bonds. The maximum atomic E-state index is 13.4. The van der Waals surface area contributed by atoms with Crippen molar-refractivity contribution >= 4 is 0 Å². The topological polar surface area (TPSA) is 29.3 Å². The van der Waals surface area contributed by atoms with Crippen LogP contribution in [0.2, 0.25) is 0 Å². The van der Waals surface area contributed by atoms with Gasteiger partial charge in [-0.25, -0.2) is 4.39 Å². The van der Waals surface area contributed by atoms with E-state index in [-0.39, 0.29) is 11.4 Å². The van der Waals surface area contributed by atoms with Gasteiger partial charge in [-0.05, 0) is 62.3 Å². The van der Waals surface area contributed by atoms with Crippen LogP contribution in [0, 0.1) is 11.2 Å². The molecule has 1 saturated heterocycles. The van der Waals surface area contributed by atoms with Crippen LogP contribution >= 0.6 is 0 Å². The van der Waals surface area contributed by atoms with Crippen LogP contribution in [0.5, 0.6) is 0 Å². The fourth-order valence-corrected chi connectivity index (χ4v) is 3.62. The van der Waals surface area contributed by atoms with Crippen molar-refractivity contribution < 1.29 is 4.39 Å². The Labute approximate surface area is 128 Å². The highest BCUT2D eigenvalue weighted by Crippen LogP contribution is 2.40. The van der Waals surface area contributed by atoms with Crippen LogP contribution < -0.4 is 5.73 Å². The van der Waals surface area contributed by atoms with Gasteiger partial charge in [-0.3, -0.25) is 4.90 Å². The number of likely N-dealkylation sites (tertiary alicyclic amines) is 1. The van der Waals surface area contributed by atoms with Crippen LogP contribution in [0.15, 0.2) is 24.3 Å². The highest BCUT2D eigenvalue weighted by molar-refractivity contribution is 5.19. The first-order valence-electron chi connectivity index (χ1n) is 8.16. The Balaban J connectivity index is 2.14. The van der Waals surface area contributed by atoms with Crippen LogP contribution in [0.1, 0.15) is 45.6 Å². The van der Waals surface area contributed by atoms with Crippen molar-refractivity contribution in [2.24, 2.45) is 11.1 Å². The van der Waals surface area contributed by atoms with E-state index in [0.717, 1.165) is 25.1 Å². The zero-order valence-corrected chi connectivity index (χ0v) is 13.7. The van der Waals surface area contributed by atoms with Gasteiger partial charge in [0, 0.05) is 18.6 Å². The third-order valence-corrected chi connectivity index (χ3v) is 5.62. The van der Waals surface area contributed by atoms with Gasteiger partial charge in [0.1, 0.15) is 5.82 Å². The number of nitrogens with two attached hydrogens (primary N) is 1. The lowest BCUT2D eigenvalue weighted by Crippen LogP contribution is -2.52. The van der Waals surface area contributed by atoms with E-state index in [1.165, 1.54) is 25.3 Å². The second-order valence-corrected chi connectivity index (χ2v) is 6.89. The van der Waals surface area contributed by atoms with Crippen molar-refractivity contribution in [3.8, 4) is 0 Å². The number of halogens is 1. The minimum Gasteiger partial charge on any atom is -0.329 e. The lowest BCUT2D eigenvalue weighted by Gasteiger charge is -2.40.